The summed E-state index contributed by atoms with van der Waals surface area (Å²) in [5.41, 5.74) is 0.0340. The Labute approximate surface area is 79.3 Å². The lowest BCUT2D eigenvalue weighted by Crippen LogP contribution is -1.98. The fourth-order valence-corrected chi connectivity index (χ4v) is 1.12. The van der Waals surface area contributed by atoms with E-state index in [0.29, 0.717) is 5.02 Å². The van der Waals surface area contributed by atoms with Crippen molar-refractivity contribution in [2.45, 2.75) is 0 Å². The molecule has 1 aromatic rings. The van der Waals surface area contributed by atoms with Gasteiger partial charge in [-0.3, -0.25) is 4.79 Å². The van der Waals surface area contributed by atoms with Crippen molar-refractivity contribution in [1.29, 1.82) is 0 Å². The predicted molar refractivity (Wildman–Crippen MR) is 46.0 cm³/mol. The molecule has 0 amide bonds. The maximum atomic E-state index is 10.7. The molecule has 0 saturated carbocycles. The van der Waals surface area contributed by atoms with Gasteiger partial charge in [-0.1, -0.05) is 11.6 Å². The van der Waals surface area contributed by atoms with Crippen LogP contribution >= 0.6 is 23.2 Å². The molecule has 0 saturated heterocycles. The molecule has 0 aromatic carbocycles. The van der Waals surface area contributed by atoms with Crippen molar-refractivity contribution in [3.63, 3.8) is 0 Å². The molecule has 0 aliphatic rings. The monoisotopic (exact) mass is 205 g/mol. The SMILES string of the molecule is COc1c(Cl)ccnc1C(=O)Cl. The minimum atomic E-state index is -0.686. The Hall–Kier alpha value is -0.800. The fraction of sp³-hybridized carbons (Fsp3) is 0.143. The third-order valence-corrected chi connectivity index (χ3v) is 1.72. The normalized spacial score (nSPS) is 9.58. The van der Waals surface area contributed by atoms with Gasteiger partial charge in [0.05, 0.1) is 12.1 Å². The first-order valence-electron chi connectivity index (χ1n) is 3.05. The van der Waals surface area contributed by atoms with E-state index in [9.17, 15) is 4.79 Å². The highest BCUT2D eigenvalue weighted by Crippen LogP contribution is 2.27. The predicted octanol–water partition coefficient (Wildman–Crippen LogP) is 2.12. The second-order valence-corrected chi connectivity index (χ2v) is 2.70. The highest BCUT2D eigenvalue weighted by molar-refractivity contribution is 6.67. The molecule has 0 unspecified atom stereocenters. The van der Waals surface area contributed by atoms with Crippen molar-refractivity contribution in [3.05, 3.63) is 23.0 Å². The first-order chi connectivity index (χ1) is 5.66. The third kappa shape index (κ3) is 1.68. The Bertz CT molecular complexity index is 314. The van der Waals surface area contributed by atoms with E-state index in [2.05, 4.69) is 4.98 Å². The second kappa shape index (κ2) is 3.74. The van der Waals surface area contributed by atoms with E-state index < -0.39 is 5.24 Å². The van der Waals surface area contributed by atoms with Crippen molar-refractivity contribution in [3.8, 4) is 5.75 Å². The Balaban J connectivity index is 3.27. The average molecular weight is 206 g/mol. The number of hydrogen-bond donors (Lipinski definition) is 0. The maximum absolute atomic E-state index is 10.7. The van der Waals surface area contributed by atoms with Gasteiger partial charge in [0, 0.05) is 6.20 Å². The number of carbonyl (C=O) groups is 1. The van der Waals surface area contributed by atoms with Crippen LogP contribution in [0.5, 0.6) is 5.75 Å². The van der Waals surface area contributed by atoms with Crippen molar-refractivity contribution >= 4 is 28.4 Å². The lowest BCUT2D eigenvalue weighted by Gasteiger charge is -2.04. The van der Waals surface area contributed by atoms with Crippen LogP contribution in [0.3, 0.4) is 0 Å². The summed E-state index contributed by atoms with van der Waals surface area (Å²) >= 11 is 10.9. The number of aromatic nitrogens is 1. The van der Waals surface area contributed by atoms with Crippen LogP contribution < -0.4 is 4.74 Å². The number of pyridine rings is 1. The summed E-state index contributed by atoms with van der Waals surface area (Å²) in [5, 5.41) is -0.370. The topological polar surface area (TPSA) is 39.2 Å². The molecule has 0 aliphatic carbocycles. The summed E-state index contributed by atoms with van der Waals surface area (Å²) in [6.07, 6.45) is 1.39. The van der Waals surface area contributed by atoms with E-state index in [1.807, 2.05) is 0 Å². The fourth-order valence-electron chi connectivity index (χ4n) is 0.759. The van der Waals surface area contributed by atoms with Crippen LogP contribution in [0.15, 0.2) is 12.3 Å². The zero-order valence-electron chi connectivity index (χ0n) is 6.17. The van der Waals surface area contributed by atoms with Gasteiger partial charge in [-0.05, 0) is 17.7 Å². The smallest absolute Gasteiger partial charge is 0.274 e. The van der Waals surface area contributed by atoms with Crippen LogP contribution in [-0.4, -0.2) is 17.3 Å². The van der Waals surface area contributed by atoms with Gasteiger partial charge in [-0.2, -0.15) is 0 Å². The molecule has 12 heavy (non-hydrogen) atoms. The van der Waals surface area contributed by atoms with Crippen LogP contribution in [0.2, 0.25) is 5.02 Å². The van der Waals surface area contributed by atoms with Gasteiger partial charge in [0.2, 0.25) is 0 Å². The molecule has 64 valence electrons. The van der Waals surface area contributed by atoms with E-state index in [1.165, 1.54) is 19.4 Å². The third-order valence-electron chi connectivity index (χ3n) is 1.25. The lowest BCUT2D eigenvalue weighted by molar-refractivity contribution is 0.107. The van der Waals surface area contributed by atoms with Crippen LogP contribution in [0.25, 0.3) is 0 Å². The Morgan fingerprint density at radius 3 is 2.75 bits per heavy atom. The van der Waals surface area contributed by atoms with E-state index in [-0.39, 0.29) is 11.4 Å². The molecule has 3 nitrogen and oxygen atoms in total. The zero-order chi connectivity index (χ0) is 9.14. The second-order valence-electron chi connectivity index (χ2n) is 1.95. The van der Waals surface area contributed by atoms with Crippen LogP contribution in [0, 0.1) is 0 Å². The van der Waals surface area contributed by atoms with Crippen LogP contribution in [-0.2, 0) is 0 Å². The van der Waals surface area contributed by atoms with E-state index in [4.69, 9.17) is 27.9 Å². The largest absolute Gasteiger partial charge is 0.493 e. The summed E-state index contributed by atoms with van der Waals surface area (Å²) in [7, 11) is 1.40. The van der Waals surface area contributed by atoms with E-state index in [0.717, 1.165) is 0 Å². The van der Waals surface area contributed by atoms with Crippen molar-refractivity contribution < 1.29 is 9.53 Å². The summed E-state index contributed by atoms with van der Waals surface area (Å²) < 4.78 is 4.84. The maximum Gasteiger partial charge on any atom is 0.274 e. The Morgan fingerprint density at radius 1 is 1.67 bits per heavy atom. The van der Waals surface area contributed by atoms with Gasteiger partial charge >= 0.3 is 0 Å². The van der Waals surface area contributed by atoms with Gasteiger partial charge in [0.15, 0.2) is 11.4 Å². The molecule has 0 N–H and O–H groups in total. The first kappa shape index (κ1) is 9.29. The molecule has 0 bridgehead atoms. The van der Waals surface area contributed by atoms with Crippen LogP contribution in [0.4, 0.5) is 0 Å². The van der Waals surface area contributed by atoms with Crippen molar-refractivity contribution in [2.24, 2.45) is 0 Å². The van der Waals surface area contributed by atoms with Gasteiger partial charge in [0.1, 0.15) is 0 Å². The highest BCUT2D eigenvalue weighted by Gasteiger charge is 2.13. The van der Waals surface area contributed by atoms with Gasteiger partial charge in [-0.25, -0.2) is 4.98 Å². The highest BCUT2D eigenvalue weighted by atomic mass is 35.5. The summed E-state index contributed by atoms with van der Waals surface area (Å²) in [6, 6.07) is 1.52. The van der Waals surface area contributed by atoms with Crippen LogP contribution in [0.1, 0.15) is 10.5 Å². The number of halogens is 2. The number of methoxy groups -OCH3 is 1. The minimum absolute atomic E-state index is 0.0340. The van der Waals surface area contributed by atoms with Crippen molar-refractivity contribution in [1.82, 2.24) is 4.98 Å². The average Bonchev–Trinajstić information content (AvgIpc) is 2.03. The minimum Gasteiger partial charge on any atom is -0.493 e. The first-order valence-corrected chi connectivity index (χ1v) is 3.80. The Morgan fingerprint density at radius 2 is 2.33 bits per heavy atom. The molecule has 1 heterocycles. The number of hydrogen-bond acceptors (Lipinski definition) is 3. The van der Waals surface area contributed by atoms with E-state index >= 15 is 0 Å². The standard InChI is InChI=1S/C7H5Cl2NO2/c1-12-6-4(8)2-3-10-5(6)7(9)11/h2-3H,1H3. The van der Waals surface area contributed by atoms with Gasteiger partial charge < -0.3 is 4.74 Å². The molecular formula is C7H5Cl2NO2. The number of ether oxygens (including phenoxy) is 1. The molecular weight excluding hydrogens is 201 g/mol. The number of rotatable bonds is 2. The Kier molecular flexibility index (Phi) is 2.89. The summed E-state index contributed by atoms with van der Waals surface area (Å²) in [6.45, 7) is 0. The lowest BCUT2D eigenvalue weighted by atomic mass is 10.3. The van der Waals surface area contributed by atoms with E-state index in [1.54, 1.807) is 0 Å². The molecule has 0 atom stereocenters. The molecule has 1 aromatic heterocycles. The molecule has 0 fully saturated rings. The molecule has 0 radical (unpaired) electrons. The van der Waals surface area contributed by atoms with Gasteiger partial charge in [0.25, 0.3) is 5.24 Å². The summed E-state index contributed by atoms with van der Waals surface area (Å²) in [4.78, 5) is 14.5. The molecule has 1 rings (SSSR count). The molecule has 0 spiro atoms. The quantitative estimate of drug-likeness (QED) is 0.695. The van der Waals surface area contributed by atoms with Crippen molar-refractivity contribution in [2.75, 3.05) is 7.11 Å². The zero-order valence-corrected chi connectivity index (χ0v) is 7.69. The number of nitrogens with zero attached hydrogens (tertiary/aromatic N) is 1. The molecule has 5 heteroatoms. The molecule has 0 aliphatic heterocycles. The summed E-state index contributed by atoms with van der Waals surface area (Å²) in [5.74, 6) is 0.208. The number of carbonyl (C=O) groups excluding carboxylic acids is 1. The van der Waals surface area contributed by atoms with Gasteiger partial charge in [-0.15, -0.1) is 0 Å².